The van der Waals surface area contributed by atoms with Gasteiger partial charge < -0.3 is 19.7 Å². The van der Waals surface area contributed by atoms with Crippen molar-refractivity contribution >= 4 is 27.5 Å². The van der Waals surface area contributed by atoms with Crippen LogP contribution in [-0.2, 0) is 26.2 Å². The summed E-state index contributed by atoms with van der Waals surface area (Å²) in [6, 6.07) is 19.2. The lowest BCUT2D eigenvalue weighted by Crippen LogP contribution is -2.52. The van der Waals surface area contributed by atoms with Crippen LogP contribution in [-0.4, -0.2) is 58.0 Å². The van der Waals surface area contributed by atoms with E-state index in [0.717, 1.165) is 21.9 Å². The van der Waals surface area contributed by atoms with E-state index in [4.69, 9.17) is 9.47 Å². The number of amides is 2. The van der Waals surface area contributed by atoms with Gasteiger partial charge in [0.25, 0.3) is 10.0 Å². The summed E-state index contributed by atoms with van der Waals surface area (Å²) in [5.41, 5.74) is 1.89. The fourth-order valence-electron chi connectivity index (χ4n) is 4.15. The molecular formula is C31H39N3O6S. The van der Waals surface area contributed by atoms with Crippen molar-refractivity contribution in [2.45, 2.75) is 57.6 Å². The standard InChI is InChI=1S/C31H39N3O6S/c1-7-23(3)32-31(36)24(4)33(20-25-10-8-12-27(18-25)39-5)30(35)21-34(26-11-9-13-28(19-26)40-6)41(37,38)29-16-14-22(2)15-17-29/h8-19,23-24H,7,20-21H2,1-6H3,(H,32,36)/t23-,24-/m1/s1. The Bertz CT molecular complexity index is 1440. The molecule has 10 heteroatoms. The van der Waals surface area contributed by atoms with Gasteiger partial charge in [-0.1, -0.05) is 42.8 Å². The number of carbonyl (C=O) groups excluding carboxylic acids is 2. The van der Waals surface area contributed by atoms with Crippen LogP contribution in [0.5, 0.6) is 11.5 Å². The van der Waals surface area contributed by atoms with Gasteiger partial charge in [0.2, 0.25) is 11.8 Å². The minimum absolute atomic E-state index is 0.0422. The number of anilines is 1. The van der Waals surface area contributed by atoms with Crippen molar-refractivity contribution in [1.29, 1.82) is 0 Å². The molecule has 2 amide bonds. The van der Waals surface area contributed by atoms with Crippen molar-refractivity contribution in [1.82, 2.24) is 10.2 Å². The van der Waals surface area contributed by atoms with Crippen LogP contribution in [0.4, 0.5) is 5.69 Å². The Labute approximate surface area is 243 Å². The molecule has 0 unspecified atom stereocenters. The smallest absolute Gasteiger partial charge is 0.264 e. The molecular weight excluding hydrogens is 542 g/mol. The van der Waals surface area contributed by atoms with E-state index in [1.807, 2.05) is 26.8 Å². The van der Waals surface area contributed by atoms with Crippen molar-refractivity contribution in [3.05, 3.63) is 83.9 Å². The van der Waals surface area contributed by atoms with Crippen molar-refractivity contribution < 1.29 is 27.5 Å². The maximum absolute atomic E-state index is 14.1. The Morgan fingerprint density at radius 2 is 1.51 bits per heavy atom. The molecule has 0 radical (unpaired) electrons. The first-order chi connectivity index (χ1) is 19.5. The summed E-state index contributed by atoms with van der Waals surface area (Å²) in [5.74, 6) is 0.170. The molecule has 0 fully saturated rings. The number of sulfonamides is 1. The first-order valence-corrected chi connectivity index (χ1v) is 14.9. The molecule has 0 bridgehead atoms. The second-order valence-corrected chi connectivity index (χ2v) is 11.8. The van der Waals surface area contributed by atoms with E-state index in [-0.39, 0.29) is 29.1 Å². The number of benzene rings is 3. The Balaban J connectivity index is 2.05. The summed E-state index contributed by atoms with van der Waals surface area (Å²) < 4.78 is 39.6. The molecule has 41 heavy (non-hydrogen) atoms. The van der Waals surface area contributed by atoms with Gasteiger partial charge in [-0.2, -0.15) is 0 Å². The van der Waals surface area contributed by atoms with Crippen molar-refractivity contribution in [2.24, 2.45) is 0 Å². The highest BCUT2D eigenvalue weighted by Gasteiger charge is 2.33. The summed E-state index contributed by atoms with van der Waals surface area (Å²) in [7, 11) is -1.14. The molecule has 9 nitrogen and oxygen atoms in total. The highest BCUT2D eigenvalue weighted by Crippen LogP contribution is 2.28. The average molecular weight is 582 g/mol. The van der Waals surface area contributed by atoms with Crippen LogP contribution >= 0.6 is 0 Å². The van der Waals surface area contributed by atoms with Gasteiger partial charge in [0.15, 0.2) is 0 Å². The summed E-state index contributed by atoms with van der Waals surface area (Å²) in [4.78, 5) is 28.7. The Morgan fingerprint density at radius 1 is 0.902 bits per heavy atom. The predicted octanol–water partition coefficient (Wildman–Crippen LogP) is 4.54. The van der Waals surface area contributed by atoms with Crippen LogP contribution in [0.1, 0.15) is 38.3 Å². The van der Waals surface area contributed by atoms with Gasteiger partial charge in [-0.3, -0.25) is 13.9 Å². The maximum Gasteiger partial charge on any atom is 0.264 e. The molecule has 3 rings (SSSR count). The molecule has 0 heterocycles. The van der Waals surface area contributed by atoms with Crippen LogP contribution < -0.4 is 19.1 Å². The summed E-state index contributed by atoms with van der Waals surface area (Å²) in [6.07, 6.45) is 0.723. The molecule has 0 aromatic heterocycles. The molecule has 0 spiro atoms. The molecule has 0 saturated carbocycles. The summed E-state index contributed by atoms with van der Waals surface area (Å²) in [5, 5.41) is 2.93. The average Bonchev–Trinajstić information content (AvgIpc) is 2.98. The highest BCUT2D eigenvalue weighted by molar-refractivity contribution is 7.92. The molecule has 220 valence electrons. The van der Waals surface area contributed by atoms with E-state index in [2.05, 4.69) is 5.32 Å². The lowest BCUT2D eigenvalue weighted by Gasteiger charge is -2.32. The fourth-order valence-corrected chi connectivity index (χ4v) is 5.55. The first kappa shape index (κ1) is 31.5. The third-order valence-electron chi connectivity index (χ3n) is 6.88. The second-order valence-electron chi connectivity index (χ2n) is 9.89. The summed E-state index contributed by atoms with van der Waals surface area (Å²) in [6.45, 7) is 6.88. The fraction of sp³-hybridized carbons (Fsp3) is 0.355. The van der Waals surface area contributed by atoms with Crippen LogP contribution in [0.2, 0.25) is 0 Å². The minimum Gasteiger partial charge on any atom is -0.497 e. The van der Waals surface area contributed by atoms with Gasteiger partial charge in [0, 0.05) is 18.7 Å². The number of rotatable bonds is 13. The van der Waals surface area contributed by atoms with E-state index in [0.29, 0.717) is 11.5 Å². The van der Waals surface area contributed by atoms with Gasteiger partial charge in [-0.25, -0.2) is 8.42 Å². The second kappa shape index (κ2) is 14.0. The SMILES string of the molecule is CC[C@@H](C)NC(=O)[C@@H](C)N(Cc1cccc(OC)c1)C(=O)CN(c1cccc(OC)c1)S(=O)(=O)c1ccc(C)cc1. The number of nitrogens with zero attached hydrogens (tertiary/aromatic N) is 2. The molecule has 1 N–H and O–H groups in total. The van der Waals surface area contributed by atoms with Gasteiger partial charge >= 0.3 is 0 Å². The number of methoxy groups -OCH3 is 2. The van der Waals surface area contributed by atoms with Crippen molar-refractivity contribution in [2.75, 3.05) is 25.1 Å². The van der Waals surface area contributed by atoms with Gasteiger partial charge in [-0.05, 0) is 69.2 Å². The van der Waals surface area contributed by atoms with Crippen LogP contribution in [0, 0.1) is 6.92 Å². The molecule has 0 aliphatic rings. The van der Waals surface area contributed by atoms with E-state index in [1.54, 1.807) is 68.6 Å². The predicted molar refractivity (Wildman–Crippen MR) is 160 cm³/mol. The van der Waals surface area contributed by atoms with E-state index in [1.165, 1.54) is 24.1 Å². The Kier molecular flexibility index (Phi) is 10.8. The minimum atomic E-state index is -4.17. The van der Waals surface area contributed by atoms with Crippen LogP contribution in [0.25, 0.3) is 0 Å². The molecule has 3 aromatic rings. The highest BCUT2D eigenvalue weighted by atomic mass is 32.2. The number of hydrogen-bond donors (Lipinski definition) is 1. The third kappa shape index (κ3) is 8.00. The molecule has 2 atom stereocenters. The topological polar surface area (TPSA) is 105 Å². The van der Waals surface area contributed by atoms with Crippen molar-refractivity contribution in [3.8, 4) is 11.5 Å². The van der Waals surface area contributed by atoms with Gasteiger partial charge in [0.05, 0.1) is 24.8 Å². The van der Waals surface area contributed by atoms with E-state index in [9.17, 15) is 18.0 Å². The molecule has 3 aromatic carbocycles. The van der Waals surface area contributed by atoms with Crippen molar-refractivity contribution in [3.63, 3.8) is 0 Å². The van der Waals surface area contributed by atoms with E-state index >= 15 is 0 Å². The lowest BCUT2D eigenvalue weighted by atomic mass is 10.1. The first-order valence-electron chi connectivity index (χ1n) is 13.5. The van der Waals surface area contributed by atoms with E-state index < -0.39 is 28.5 Å². The largest absolute Gasteiger partial charge is 0.497 e. The molecule has 0 saturated heterocycles. The zero-order valence-corrected chi connectivity index (χ0v) is 25.3. The Hall–Kier alpha value is -4.05. The zero-order chi connectivity index (χ0) is 30.2. The number of nitrogens with one attached hydrogen (secondary N) is 1. The van der Waals surface area contributed by atoms with Crippen LogP contribution in [0.15, 0.2) is 77.7 Å². The maximum atomic E-state index is 14.1. The number of hydrogen-bond acceptors (Lipinski definition) is 6. The zero-order valence-electron chi connectivity index (χ0n) is 24.5. The normalized spacial score (nSPS) is 12.6. The van der Waals surface area contributed by atoms with Crippen LogP contribution in [0.3, 0.4) is 0 Å². The van der Waals surface area contributed by atoms with Gasteiger partial charge in [-0.15, -0.1) is 0 Å². The third-order valence-corrected chi connectivity index (χ3v) is 8.67. The number of ether oxygens (including phenoxy) is 2. The van der Waals surface area contributed by atoms with Gasteiger partial charge in [0.1, 0.15) is 24.1 Å². The quantitative estimate of drug-likeness (QED) is 0.318. The number of aryl methyl sites for hydroxylation is 1. The monoisotopic (exact) mass is 581 g/mol. The molecule has 0 aliphatic carbocycles. The lowest BCUT2D eigenvalue weighted by molar-refractivity contribution is -0.139. The Morgan fingerprint density at radius 3 is 2.12 bits per heavy atom. The number of carbonyl (C=O) groups is 2. The summed E-state index contributed by atoms with van der Waals surface area (Å²) >= 11 is 0. The molecule has 0 aliphatic heterocycles.